The van der Waals surface area contributed by atoms with E-state index in [1.165, 1.54) is 0 Å². The zero-order valence-electron chi connectivity index (χ0n) is 10.4. The third kappa shape index (κ3) is 3.17. The third-order valence-electron chi connectivity index (χ3n) is 3.09. The summed E-state index contributed by atoms with van der Waals surface area (Å²) in [5.41, 5.74) is -0.552. The monoisotopic (exact) mass is 240 g/mol. The Labute approximate surface area is 101 Å². The van der Waals surface area contributed by atoms with Crippen LogP contribution in [-0.2, 0) is 6.54 Å². The van der Waals surface area contributed by atoms with Gasteiger partial charge in [-0.05, 0) is 26.3 Å². The van der Waals surface area contributed by atoms with E-state index in [1.54, 1.807) is 0 Å². The quantitative estimate of drug-likeness (QED) is 0.799. The molecular weight excluding hydrogens is 220 g/mol. The molecule has 1 aromatic rings. The number of hydrogen-bond donors (Lipinski definition) is 2. The highest BCUT2D eigenvalue weighted by molar-refractivity contribution is 5.25. The second kappa shape index (κ2) is 5.01. The summed E-state index contributed by atoms with van der Waals surface area (Å²) >= 11 is 0. The van der Waals surface area contributed by atoms with Crippen LogP contribution in [0.25, 0.3) is 0 Å². The van der Waals surface area contributed by atoms with E-state index in [9.17, 15) is 5.11 Å². The lowest BCUT2D eigenvalue weighted by Gasteiger charge is -2.34. The van der Waals surface area contributed by atoms with Crippen LogP contribution < -0.4 is 10.2 Å². The van der Waals surface area contributed by atoms with Crippen LogP contribution in [0.1, 0.15) is 32.6 Å². The summed E-state index contributed by atoms with van der Waals surface area (Å²) in [6.07, 6.45) is 1.47. The van der Waals surface area contributed by atoms with Crippen LogP contribution in [-0.4, -0.2) is 40.5 Å². The lowest BCUT2D eigenvalue weighted by Crippen LogP contribution is -2.42. The Balaban J connectivity index is 1.92. The van der Waals surface area contributed by atoms with Gasteiger partial charge in [0, 0.05) is 13.1 Å². The summed E-state index contributed by atoms with van der Waals surface area (Å²) in [5, 5.41) is 21.0. The highest BCUT2D eigenvalue weighted by Crippen LogP contribution is 2.24. The van der Waals surface area contributed by atoms with Gasteiger partial charge in [-0.3, -0.25) is 0 Å². The molecule has 2 rings (SSSR count). The fraction of sp³-hybridized carbons (Fsp3) is 0.818. The minimum atomic E-state index is -0.552. The Hall–Kier alpha value is -1.14. The van der Waals surface area contributed by atoms with Gasteiger partial charge in [-0.1, -0.05) is 12.0 Å². The van der Waals surface area contributed by atoms with Gasteiger partial charge in [-0.15, -0.1) is 5.10 Å². The van der Waals surface area contributed by atoms with Crippen molar-refractivity contribution in [2.75, 3.05) is 24.5 Å². The third-order valence-corrected chi connectivity index (χ3v) is 3.09. The predicted molar refractivity (Wildman–Crippen MR) is 63.7 cm³/mol. The van der Waals surface area contributed by atoms with Crippen molar-refractivity contribution in [3.63, 3.8) is 0 Å². The Morgan fingerprint density at radius 1 is 1.41 bits per heavy atom. The highest BCUT2D eigenvalue weighted by atomic mass is 16.4. The predicted octanol–water partition coefficient (Wildman–Crippen LogP) is 0.530. The van der Waals surface area contributed by atoms with Crippen molar-refractivity contribution < 1.29 is 9.52 Å². The van der Waals surface area contributed by atoms with Gasteiger partial charge in [0.05, 0.1) is 12.1 Å². The number of hydrogen-bond acceptors (Lipinski definition) is 6. The van der Waals surface area contributed by atoms with Gasteiger partial charge in [0.25, 0.3) is 0 Å². The summed E-state index contributed by atoms with van der Waals surface area (Å²) < 4.78 is 5.55. The number of anilines is 1. The Morgan fingerprint density at radius 3 is 2.76 bits per heavy atom. The standard InChI is InChI=1S/C11H20N4O2/c1-3-12-8-9-13-14-10(17-9)15-6-4-11(2,16)5-7-15/h12,16H,3-8H2,1-2H3. The van der Waals surface area contributed by atoms with Crippen LogP contribution in [0.15, 0.2) is 4.42 Å². The van der Waals surface area contributed by atoms with E-state index in [2.05, 4.69) is 15.5 Å². The fourth-order valence-corrected chi connectivity index (χ4v) is 1.86. The van der Waals surface area contributed by atoms with Gasteiger partial charge in [-0.25, -0.2) is 0 Å². The minimum Gasteiger partial charge on any atom is -0.407 e. The summed E-state index contributed by atoms with van der Waals surface area (Å²) in [6, 6.07) is 0.563. The number of aromatic nitrogens is 2. The van der Waals surface area contributed by atoms with Crippen molar-refractivity contribution in [2.45, 2.75) is 38.8 Å². The first kappa shape index (κ1) is 12.3. The number of nitrogens with one attached hydrogen (secondary N) is 1. The molecule has 0 aromatic carbocycles. The molecule has 0 radical (unpaired) electrons. The van der Waals surface area contributed by atoms with Crippen LogP contribution in [0.4, 0.5) is 6.01 Å². The molecule has 17 heavy (non-hydrogen) atoms. The van der Waals surface area contributed by atoms with Crippen molar-refractivity contribution in [1.29, 1.82) is 0 Å². The van der Waals surface area contributed by atoms with Gasteiger partial charge >= 0.3 is 6.01 Å². The van der Waals surface area contributed by atoms with Crippen LogP contribution in [0.3, 0.4) is 0 Å². The van der Waals surface area contributed by atoms with E-state index in [0.717, 1.165) is 32.5 Å². The molecule has 2 heterocycles. The van der Waals surface area contributed by atoms with Crippen molar-refractivity contribution >= 4 is 6.01 Å². The molecule has 1 aromatic heterocycles. The molecule has 0 bridgehead atoms. The minimum absolute atomic E-state index is 0.552. The fourth-order valence-electron chi connectivity index (χ4n) is 1.86. The molecule has 0 aliphatic carbocycles. The van der Waals surface area contributed by atoms with Crippen LogP contribution in [0.5, 0.6) is 0 Å². The highest BCUT2D eigenvalue weighted by Gasteiger charge is 2.29. The second-order valence-corrected chi connectivity index (χ2v) is 4.74. The molecule has 1 aliphatic rings. The molecule has 6 heteroatoms. The first-order valence-corrected chi connectivity index (χ1v) is 6.11. The van der Waals surface area contributed by atoms with Crippen molar-refractivity contribution in [3.05, 3.63) is 5.89 Å². The average molecular weight is 240 g/mol. The normalized spacial score (nSPS) is 19.6. The lowest BCUT2D eigenvalue weighted by molar-refractivity contribution is 0.0343. The van der Waals surface area contributed by atoms with Gasteiger partial charge < -0.3 is 19.7 Å². The summed E-state index contributed by atoms with van der Waals surface area (Å²) in [5.74, 6) is 0.610. The van der Waals surface area contributed by atoms with E-state index < -0.39 is 5.60 Å². The van der Waals surface area contributed by atoms with E-state index in [4.69, 9.17) is 4.42 Å². The van der Waals surface area contributed by atoms with Gasteiger partial charge in [-0.2, -0.15) is 0 Å². The molecule has 1 saturated heterocycles. The first-order valence-electron chi connectivity index (χ1n) is 6.11. The molecule has 0 amide bonds. The van der Waals surface area contributed by atoms with Gasteiger partial charge in [0.2, 0.25) is 5.89 Å². The van der Waals surface area contributed by atoms with Gasteiger partial charge in [0.1, 0.15) is 0 Å². The number of piperidine rings is 1. The summed E-state index contributed by atoms with van der Waals surface area (Å²) in [4.78, 5) is 2.03. The number of rotatable bonds is 4. The maximum atomic E-state index is 9.86. The van der Waals surface area contributed by atoms with Crippen molar-refractivity contribution in [3.8, 4) is 0 Å². The smallest absolute Gasteiger partial charge is 0.318 e. The topological polar surface area (TPSA) is 74.4 Å². The SMILES string of the molecule is CCNCc1nnc(N2CCC(C)(O)CC2)o1. The van der Waals surface area contributed by atoms with Crippen LogP contribution >= 0.6 is 0 Å². The average Bonchev–Trinajstić information content (AvgIpc) is 2.75. The molecule has 0 spiro atoms. The molecule has 0 saturated carbocycles. The second-order valence-electron chi connectivity index (χ2n) is 4.74. The molecule has 2 N–H and O–H groups in total. The summed E-state index contributed by atoms with van der Waals surface area (Å²) in [6.45, 7) is 6.91. The first-order chi connectivity index (χ1) is 8.11. The Morgan fingerprint density at radius 2 is 2.12 bits per heavy atom. The zero-order chi connectivity index (χ0) is 12.3. The van der Waals surface area contributed by atoms with Crippen molar-refractivity contribution in [2.24, 2.45) is 0 Å². The lowest BCUT2D eigenvalue weighted by atomic mass is 9.94. The molecule has 1 fully saturated rings. The largest absolute Gasteiger partial charge is 0.407 e. The molecule has 0 unspecified atom stereocenters. The van der Waals surface area contributed by atoms with Crippen LogP contribution in [0, 0.1) is 0 Å². The van der Waals surface area contributed by atoms with E-state index in [1.807, 2.05) is 18.7 Å². The van der Waals surface area contributed by atoms with E-state index in [-0.39, 0.29) is 0 Å². The zero-order valence-corrected chi connectivity index (χ0v) is 10.4. The summed E-state index contributed by atoms with van der Waals surface area (Å²) in [7, 11) is 0. The number of aliphatic hydroxyl groups is 1. The molecule has 0 atom stereocenters. The van der Waals surface area contributed by atoms with Gasteiger partial charge in [0.15, 0.2) is 0 Å². The van der Waals surface area contributed by atoms with Crippen LogP contribution in [0.2, 0.25) is 0 Å². The Kier molecular flexibility index (Phi) is 3.63. The molecule has 96 valence electrons. The number of nitrogens with zero attached hydrogens (tertiary/aromatic N) is 3. The van der Waals surface area contributed by atoms with E-state index >= 15 is 0 Å². The molecular formula is C11H20N4O2. The molecule has 6 nitrogen and oxygen atoms in total. The maximum Gasteiger partial charge on any atom is 0.318 e. The van der Waals surface area contributed by atoms with Crippen molar-refractivity contribution in [1.82, 2.24) is 15.5 Å². The van der Waals surface area contributed by atoms with E-state index in [0.29, 0.717) is 18.5 Å². The molecule has 1 aliphatic heterocycles. The maximum absolute atomic E-state index is 9.86. The Bertz CT molecular complexity index is 354.